The molecule has 0 aromatic heterocycles. The molecule has 1 fully saturated rings. The molecule has 2 nitrogen and oxygen atoms in total. The van der Waals surface area contributed by atoms with Crippen molar-refractivity contribution in [1.29, 1.82) is 0 Å². The Labute approximate surface area is 80.4 Å². The highest BCUT2D eigenvalue weighted by Crippen LogP contribution is 2.13. The first-order chi connectivity index (χ1) is 6.45. The normalized spacial score (nSPS) is 29.7. The van der Waals surface area contributed by atoms with E-state index in [1.54, 1.807) is 0 Å². The molecule has 2 heteroatoms. The number of ether oxygens (including phenoxy) is 1. The molecule has 0 aromatic rings. The van der Waals surface area contributed by atoms with Gasteiger partial charge in [-0.2, -0.15) is 0 Å². The van der Waals surface area contributed by atoms with Gasteiger partial charge in [0.05, 0.1) is 6.10 Å². The summed E-state index contributed by atoms with van der Waals surface area (Å²) in [6, 6.07) is 0.686. The van der Waals surface area contributed by atoms with Gasteiger partial charge in [-0.1, -0.05) is 12.2 Å². The van der Waals surface area contributed by atoms with E-state index in [1.165, 1.54) is 32.1 Å². The summed E-state index contributed by atoms with van der Waals surface area (Å²) in [6.45, 7) is 2.02. The second-order valence-electron chi connectivity index (χ2n) is 4.04. The maximum atomic E-state index is 5.65. The maximum Gasteiger partial charge on any atom is 0.0699 e. The second kappa shape index (κ2) is 4.77. The Kier molecular flexibility index (Phi) is 3.39. The summed E-state index contributed by atoms with van der Waals surface area (Å²) in [4.78, 5) is 0. The molecule has 13 heavy (non-hydrogen) atoms. The van der Waals surface area contributed by atoms with Crippen molar-refractivity contribution in [2.24, 2.45) is 0 Å². The van der Waals surface area contributed by atoms with Crippen molar-refractivity contribution in [1.82, 2.24) is 5.32 Å². The average Bonchev–Trinajstić information content (AvgIpc) is 2.69. The molecule has 1 aliphatic carbocycles. The number of nitrogens with one attached hydrogen (secondary N) is 1. The Hall–Kier alpha value is -0.340. The van der Waals surface area contributed by atoms with Gasteiger partial charge in [-0.25, -0.2) is 0 Å². The van der Waals surface area contributed by atoms with Crippen molar-refractivity contribution < 1.29 is 4.74 Å². The molecule has 74 valence electrons. The minimum atomic E-state index is 0.481. The number of rotatable bonds is 3. The molecule has 0 spiro atoms. The van der Waals surface area contributed by atoms with Crippen LogP contribution in [0.1, 0.15) is 32.1 Å². The summed E-state index contributed by atoms with van der Waals surface area (Å²) >= 11 is 0. The van der Waals surface area contributed by atoms with E-state index in [4.69, 9.17) is 4.74 Å². The zero-order valence-electron chi connectivity index (χ0n) is 8.17. The van der Waals surface area contributed by atoms with Gasteiger partial charge in [0.15, 0.2) is 0 Å². The van der Waals surface area contributed by atoms with Crippen LogP contribution in [0.4, 0.5) is 0 Å². The maximum absolute atomic E-state index is 5.65. The lowest BCUT2D eigenvalue weighted by Gasteiger charge is -2.24. The molecule has 2 aliphatic rings. The lowest BCUT2D eigenvalue weighted by atomic mass is 10.1. The van der Waals surface area contributed by atoms with E-state index in [0.717, 1.165) is 13.2 Å². The molecule has 2 rings (SSSR count). The summed E-state index contributed by atoms with van der Waals surface area (Å²) in [5, 5.41) is 3.56. The van der Waals surface area contributed by atoms with Gasteiger partial charge >= 0.3 is 0 Å². The highest BCUT2D eigenvalue weighted by molar-refractivity contribution is 4.97. The Morgan fingerprint density at radius 3 is 2.77 bits per heavy atom. The molecule has 0 saturated carbocycles. The van der Waals surface area contributed by atoms with Gasteiger partial charge in [0.2, 0.25) is 0 Å². The van der Waals surface area contributed by atoms with Gasteiger partial charge in [0.1, 0.15) is 0 Å². The van der Waals surface area contributed by atoms with E-state index in [0.29, 0.717) is 12.1 Å². The standard InChI is InChI=1S/C11H19NO/c1-2-6-10(5-1)12-9-11-7-3-4-8-13-11/h1-2,10-12H,3-9H2. The van der Waals surface area contributed by atoms with Crippen molar-refractivity contribution in [3.05, 3.63) is 12.2 Å². The van der Waals surface area contributed by atoms with E-state index in [2.05, 4.69) is 17.5 Å². The van der Waals surface area contributed by atoms with Crippen LogP contribution in [0.25, 0.3) is 0 Å². The van der Waals surface area contributed by atoms with Crippen molar-refractivity contribution in [2.45, 2.75) is 44.2 Å². The fourth-order valence-electron chi connectivity index (χ4n) is 2.05. The fraction of sp³-hybridized carbons (Fsp3) is 0.818. The molecule has 1 N–H and O–H groups in total. The van der Waals surface area contributed by atoms with Crippen LogP contribution in [0.3, 0.4) is 0 Å². The van der Waals surface area contributed by atoms with Gasteiger partial charge in [-0.3, -0.25) is 0 Å². The van der Waals surface area contributed by atoms with Crippen molar-refractivity contribution in [3.63, 3.8) is 0 Å². The molecule has 0 amide bonds. The van der Waals surface area contributed by atoms with Gasteiger partial charge < -0.3 is 10.1 Å². The van der Waals surface area contributed by atoms with Crippen molar-refractivity contribution in [2.75, 3.05) is 13.2 Å². The summed E-state index contributed by atoms with van der Waals surface area (Å²) in [5.74, 6) is 0. The highest BCUT2D eigenvalue weighted by Gasteiger charge is 2.16. The minimum absolute atomic E-state index is 0.481. The first-order valence-corrected chi connectivity index (χ1v) is 5.45. The average molecular weight is 181 g/mol. The van der Waals surface area contributed by atoms with Gasteiger partial charge in [-0.05, 0) is 32.1 Å². The quantitative estimate of drug-likeness (QED) is 0.671. The van der Waals surface area contributed by atoms with E-state index >= 15 is 0 Å². The third kappa shape index (κ3) is 2.82. The van der Waals surface area contributed by atoms with Crippen LogP contribution in [-0.2, 0) is 4.74 Å². The molecule has 1 saturated heterocycles. The minimum Gasteiger partial charge on any atom is -0.377 e. The van der Waals surface area contributed by atoms with E-state index < -0.39 is 0 Å². The Morgan fingerprint density at radius 1 is 1.23 bits per heavy atom. The fourth-order valence-corrected chi connectivity index (χ4v) is 2.05. The van der Waals surface area contributed by atoms with Crippen LogP contribution in [0.2, 0.25) is 0 Å². The van der Waals surface area contributed by atoms with E-state index in [1.807, 2.05) is 0 Å². The largest absolute Gasteiger partial charge is 0.377 e. The first-order valence-electron chi connectivity index (χ1n) is 5.45. The molecular weight excluding hydrogens is 162 g/mol. The predicted molar refractivity (Wildman–Crippen MR) is 53.8 cm³/mol. The topological polar surface area (TPSA) is 21.3 Å². The van der Waals surface area contributed by atoms with Crippen molar-refractivity contribution in [3.8, 4) is 0 Å². The summed E-state index contributed by atoms with van der Waals surface area (Å²) in [7, 11) is 0. The third-order valence-corrected chi connectivity index (χ3v) is 2.92. The molecule has 0 aromatic carbocycles. The molecule has 0 radical (unpaired) electrons. The van der Waals surface area contributed by atoms with E-state index in [-0.39, 0.29) is 0 Å². The van der Waals surface area contributed by atoms with Crippen LogP contribution in [0, 0.1) is 0 Å². The van der Waals surface area contributed by atoms with Crippen molar-refractivity contribution >= 4 is 0 Å². The zero-order valence-corrected chi connectivity index (χ0v) is 8.17. The van der Waals surface area contributed by atoms with Crippen LogP contribution < -0.4 is 5.32 Å². The second-order valence-corrected chi connectivity index (χ2v) is 4.04. The summed E-state index contributed by atoms with van der Waals surface area (Å²) < 4.78 is 5.65. The lowest BCUT2D eigenvalue weighted by molar-refractivity contribution is 0.0156. The van der Waals surface area contributed by atoms with Crippen LogP contribution >= 0.6 is 0 Å². The molecule has 1 atom stereocenters. The monoisotopic (exact) mass is 181 g/mol. The van der Waals surface area contributed by atoms with Gasteiger partial charge in [0.25, 0.3) is 0 Å². The molecule has 1 aliphatic heterocycles. The Bertz CT molecular complexity index is 165. The third-order valence-electron chi connectivity index (χ3n) is 2.92. The number of hydrogen-bond acceptors (Lipinski definition) is 2. The van der Waals surface area contributed by atoms with Crippen LogP contribution in [0.15, 0.2) is 12.2 Å². The van der Waals surface area contributed by atoms with Crippen LogP contribution in [0.5, 0.6) is 0 Å². The molecule has 1 heterocycles. The zero-order chi connectivity index (χ0) is 8.93. The van der Waals surface area contributed by atoms with Crippen LogP contribution in [-0.4, -0.2) is 25.3 Å². The Morgan fingerprint density at radius 2 is 2.08 bits per heavy atom. The highest BCUT2D eigenvalue weighted by atomic mass is 16.5. The summed E-state index contributed by atoms with van der Waals surface area (Å²) in [6.07, 6.45) is 11.2. The number of hydrogen-bond donors (Lipinski definition) is 1. The van der Waals surface area contributed by atoms with Gasteiger partial charge in [0, 0.05) is 19.2 Å². The van der Waals surface area contributed by atoms with E-state index in [9.17, 15) is 0 Å². The van der Waals surface area contributed by atoms with Gasteiger partial charge in [-0.15, -0.1) is 0 Å². The first kappa shape index (κ1) is 9.22. The smallest absolute Gasteiger partial charge is 0.0699 e. The lowest BCUT2D eigenvalue weighted by Crippen LogP contribution is -2.36. The SMILES string of the molecule is C1=CCC(NCC2CCCCO2)C1. The predicted octanol–water partition coefficient (Wildman–Crippen LogP) is 1.86. The molecule has 0 bridgehead atoms. The summed E-state index contributed by atoms with van der Waals surface area (Å²) in [5.41, 5.74) is 0. The molecule has 1 unspecified atom stereocenters. The molecular formula is C11H19NO. The Balaban J connectivity index is 1.61.